The lowest BCUT2D eigenvalue weighted by atomic mass is 10.1. The summed E-state index contributed by atoms with van der Waals surface area (Å²) < 4.78 is 7.52. The highest BCUT2D eigenvalue weighted by molar-refractivity contribution is 6.06. The molecule has 2 aromatic rings. The number of esters is 1. The largest absolute Gasteiger partial charge is 0.456 e. The Morgan fingerprint density at radius 1 is 1.32 bits per heavy atom. The fourth-order valence-corrected chi connectivity index (χ4v) is 2.28. The third-order valence-corrected chi connectivity index (χ3v) is 3.02. The Bertz CT molecular complexity index is 690. The summed E-state index contributed by atoms with van der Waals surface area (Å²) in [4.78, 5) is 16.6. The van der Waals surface area contributed by atoms with Crippen LogP contribution >= 0.6 is 0 Å². The molecule has 98 valence electrons. The lowest BCUT2D eigenvalue weighted by Gasteiger charge is -2.21. The van der Waals surface area contributed by atoms with Gasteiger partial charge in [0.25, 0.3) is 0 Å². The zero-order valence-corrected chi connectivity index (χ0v) is 11.3. The lowest BCUT2D eigenvalue weighted by molar-refractivity contribution is 0.00707. The van der Waals surface area contributed by atoms with Crippen molar-refractivity contribution in [2.24, 2.45) is 4.99 Å². The van der Waals surface area contributed by atoms with Crippen molar-refractivity contribution in [3.05, 3.63) is 30.0 Å². The molecule has 0 radical (unpaired) electrons. The molecule has 19 heavy (non-hydrogen) atoms. The van der Waals surface area contributed by atoms with Crippen molar-refractivity contribution in [1.29, 1.82) is 0 Å². The van der Waals surface area contributed by atoms with Crippen LogP contribution in [0.3, 0.4) is 0 Å². The molecule has 0 amide bonds. The zero-order chi connectivity index (χ0) is 13.6. The van der Waals surface area contributed by atoms with Crippen LogP contribution in [0.5, 0.6) is 0 Å². The Morgan fingerprint density at radius 2 is 2.11 bits per heavy atom. The molecule has 1 aliphatic heterocycles. The predicted octanol–water partition coefficient (Wildman–Crippen LogP) is 3.31. The highest BCUT2D eigenvalue weighted by Gasteiger charge is 2.23. The van der Waals surface area contributed by atoms with E-state index >= 15 is 0 Å². The molecular formula is C15H16N2O2. The van der Waals surface area contributed by atoms with Gasteiger partial charge in [0.2, 0.25) is 0 Å². The highest BCUT2D eigenvalue weighted by atomic mass is 16.6. The molecule has 0 aliphatic carbocycles. The van der Waals surface area contributed by atoms with Crippen LogP contribution < -0.4 is 0 Å². The van der Waals surface area contributed by atoms with Crippen LogP contribution in [0, 0.1) is 0 Å². The van der Waals surface area contributed by atoms with E-state index in [2.05, 4.69) is 9.56 Å². The van der Waals surface area contributed by atoms with Gasteiger partial charge in [0.15, 0.2) is 0 Å². The van der Waals surface area contributed by atoms with Gasteiger partial charge in [-0.3, -0.25) is 4.99 Å². The van der Waals surface area contributed by atoms with Crippen LogP contribution in [0.2, 0.25) is 0 Å². The van der Waals surface area contributed by atoms with Crippen molar-refractivity contribution in [2.75, 3.05) is 0 Å². The van der Waals surface area contributed by atoms with Gasteiger partial charge in [-0.2, -0.15) is 0 Å². The fourth-order valence-electron chi connectivity index (χ4n) is 2.28. The highest BCUT2D eigenvalue weighted by Crippen LogP contribution is 2.33. The summed E-state index contributed by atoms with van der Waals surface area (Å²) in [6.07, 6.45) is 3.83. The first-order chi connectivity index (χ1) is 8.96. The first kappa shape index (κ1) is 12.0. The SMILES string of the molecule is CC(C)(C)OC(=O)c1ccc2ccn3c2c1N=CC3. The lowest BCUT2D eigenvalue weighted by Crippen LogP contribution is -2.24. The number of benzene rings is 1. The molecule has 1 aromatic carbocycles. The molecule has 1 aliphatic rings. The summed E-state index contributed by atoms with van der Waals surface area (Å²) in [5.74, 6) is -0.323. The van der Waals surface area contributed by atoms with Crippen LogP contribution in [0.1, 0.15) is 31.1 Å². The Hall–Kier alpha value is -2.10. The van der Waals surface area contributed by atoms with E-state index in [9.17, 15) is 4.79 Å². The minimum absolute atomic E-state index is 0.323. The monoisotopic (exact) mass is 256 g/mol. The van der Waals surface area contributed by atoms with E-state index in [-0.39, 0.29) is 5.97 Å². The van der Waals surface area contributed by atoms with Gasteiger partial charge in [0.05, 0.1) is 17.6 Å². The second-order valence-corrected chi connectivity index (χ2v) is 5.68. The molecule has 0 atom stereocenters. The number of carbonyl (C=O) groups is 1. The van der Waals surface area contributed by atoms with Gasteiger partial charge in [-0.15, -0.1) is 0 Å². The van der Waals surface area contributed by atoms with Crippen molar-refractivity contribution < 1.29 is 9.53 Å². The molecule has 0 N–H and O–H groups in total. The van der Waals surface area contributed by atoms with Crippen LogP contribution in [-0.2, 0) is 11.3 Å². The Kier molecular flexibility index (Phi) is 2.49. The maximum Gasteiger partial charge on any atom is 0.340 e. The number of hydrogen-bond donors (Lipinski definition) is 0. The van der Waals surface area contributed by atoms with Gasteiger partial charge < -0.3 is 9.30 Å². The summed E-state index contributed by atoms with van der Waals surface area (Å²) in [7, 11) is 0. The van der Waals surface area contributed by atoms with Crippen LogP contribution in [0.25, 0.3) is 10.9 Å². The second-order valence-electron chi connectivity index (χ2n) is 5.68. The molecule has 2 heterocycles. The number of ether oxygens (including phenoxy) is 1. The van der Waals surface area contributed by atoms with Crippen molar-refractivity contribution in [2.45, 2.75) is 32.9 Å². The van der Waals surface area contributed by atoms with E-state index in [0.29, 0.717) is 11.3 Å². The molecule has 4 nitrogen and oxygen atoms in total. The molecule has 1 aromatic heterocycles. The van der Waals surface area contributed by atoms with Crippen molar-refractivity contribution in [3.63, 3.8) is 0 Å². The van der Waals surface area contributed by atoms with E-state index < -0.39 is 5.60 Å². The summed E-state index contributed by atoms with van der Waals surface area (Å²) in [5.41, 5.74) is 1.74. The maximum atomic E-state index is 12.2. The predicted molar refractivity (Wildman–Crippen MR) is 75.3 cm³/mol. The van der Waals surface area contributed by atoms with Gasteiger partial charge in [0, 0.05) is 17.8 Å². The number of nitrogens with zero attached hydrogens (tertiary/aromatic N) is 2. The zero-order valence-electron chi connectivity index (χ0n) is 11.3. The minimum Gasteiger partial charge on any atom is -0.456 e. The number of aromatic nitrogens is 1. The summed E-state index contributed by atoms with van der Waals surface area (Å²) in [6.45, 7) is 6.33. The van der Waals surface area contributed by atoms with E-state index in [0.717, 1.165) is 17.4 Å². The Balaban J connectivity index is 2.13. The number of hydrogen-bond acceptors (Lipinski definition) is 3. The Morgan fingerprint density at radius 3 is 2.84 bits per heavy atom. The van der Waals surface area contributed by atoms with Crippen LogP contribution in [0.15, 0.2) is 29.4 Å². The summed E-state index contributed by atoms with van der Waals surface area (Å²) in [6, 6.07) is 5.76. The molecule has 0 saturated carbocycles. The molecule has 4 heteroatoms. The van der Waals surface area contributed by atoms with Gasteiger partial charge in [-0.1, -0.05) is 6.07 Å². The number of carbonyl (C=O) groups excluding carboxylic acids is 1. The fraction of sp³-hybridized carbons (Fsp3) is 0.333. The topological polar surface area (TPSA) is 43.6 Å². The van der Waals surface area contributed by atoms with E-state index in [1.165, 1.54) is 0 Å². The average Bonchev–Trinajstić information content (AvgIpc) is 2.73. The summed E-state index contributed by atoms with van der Waals surface area (Å²) in [5, 5.41) is 1.10. The normalized spacial score (nSPS) is 13.8. The van der Waals surface area contributed by atoms with Crippen molar-refractivity contribution in [3.8, 4) is 0 Å². The first-order valence-corrected chi connectivity index (χ1v) is 6.33. The quantitative estimate of drug-likeness (QED) is 0.735. The average molecular weight is 256 g/mol. The van der Waals surface area contributed by atoms with Gasteiger partial charge >= 0.3 is 5.97 Å². The van der Waals surface area contributed by atoms with E-state index in [1.807, 2.05) is 45.3 Å². The Labute approximate surface area is 111 Å². The molecule has 0 unspecified atom stereocenters. The van der Waals surface area contributed by atoms with Crippen LogP contribution in [0.4, 0.5) is 5.69 Å². The number of rotatable bonds is 1. The third-order valence-electron chi connectivity index (χ3n) is 3.02. The summed E-state index contributed by atoms with van der Waals surface area (Å²) >= 11 is 0. The molecule has 0 fully saturated rings. The smallest absolute Gasteiger partial charge is 0.340 e. The van der Waals surface area contributed by atoms with Crippen molar-refractivity contribution in [1.82, 2.24) is 4.57 Å². The van der Waals surface area contributed by atoms with Gasteiger partial charge in [0.1, 0.15) is 11.3 Å². The third kappa shape index (κ3) is 2.03. The molecule has 0 saturated heterocycles. The molecular weight excluding hydrogens is 240 g/mol. The van der Waals surface area contributed by atoms with E-state index in [4.69, 9.17) is 4.74 Å². The molecule has 0 bridgehead atoms. The first-order valence-electron chi connectivity index (χ1n) is 6.33. The van der Waals surface area contributed by atoms with Gasteiger partial charge in [-0.25, -0.2) is 4.79 Å². The maximum absolute atomic E-state index is 12.2. The second kappa shape index (κ2) is 3.95. The minimum atomic E-state index is -0.501. The van der Waals surface area contributed by atoms with Crippen LogP contribution in [-0.4, -0.2) is 22.4 Å². The van der Waals surface area contributed by atoms with Crippen molar-refractivity contribution >= 4 is 28.8 Å². The molecule has 0 spiro atoms. The number of aliphatic imine (C=N–C) groups is 1. The standard InChI is InChI=1S/C15H16N2O2/c1-15(2,3)19-14(18)11-5-4-10-6-8-17-9-7-16-12(11)13(10)17/h4-8H,9H2,1-3H3. The van der Waals surface area contributed by atoms with E-state index in [1.54, 1.807) is 6.07 Å². The van der Waals surface area contributed by atoms with Gasteiger partial charge in [-0.05, 0) is 32.9 Å². The molecule has 3 rings (SSSR count).